The van der Waals surface area contributed by atoms with Crippen LogP contribution in [0.1, 0.15) is 60.4 Å². The molecular formula is C28H36Cl2N4O2. The summed E-state index contributed by atoms with van der Waals surface area (Å²) in [5.74, 6) is 1.61. The maximum Gasteiger partial charge on any atom is 0.256 e. The quantitative estimate of drug-likeness (QED) is 0.367. The van der Waals surface area contributed by atoms with Crippen LogP contribution in [0, 0.1) is 12.8 Å². The molecule has 2 aromatic carbocycles. The molecule has 3 aromatic rings. The minimum Gasteiger partial charge on any atom is -0.493 e. The molecule has 4 rings (SSSR count). The predicted molar refractivity (Wildman–Crippen MR) is 149 cm³/mol. The van der Waals surface area contributed by atoms with E-state index in [1.165, 1.54) is 11.1 Å². The van der Waals surface area contributed by atoms with Gasteiger partial charge in [0.2, 0.25) is 0 Å². The van der Waals surface area contributed by atoms with E-state index in [1.54, 1.807) is 0 Å². The lowest BCUT2D eigenvalue weighted by atomic mass is 9.96. The van der Waals surface area contributed by atoms with E-state index in [9.17, 15) is 4.79 Å². The number of hydrogen-bond acceptors (Lipinski definition) is 4. The summed E-state index contributed by atoms with van der Waals surface area (Å²) in [6, 6.07) is 14.1. The van der Waals surface area contributed by atoms with Gasteiger partial charge in [0.25, 0.3) is 5.91 Å². The van der Waals surface area contributed by atoms with E-state index in [0.29, 0.717) is 41.5 Å². The number of fused-ring (bicyclic) bond motifs is 1. The third-order valence-electron chi connectivity index (χ3n) is 6.38. The zero-order valence-corrected chi connectivity index (χ0v) is 23.2. The van der Waals surface area contributed by atoms with Gasteiger partial charge < -0.3 is 10.1 Å². The van der Waals surface area contributed by atoms with Gasteiger partial charge in [0.1, 0.15) is 5.75 Å². The summed E-state index contributed by atoms with van der Waals surface area (Å²) in [5.41, 5.74) is 5.11. The van der Waals surface area contributed by atoms with Crippen molar-refractivity contribution < 1.29 is 9.53 Å². The van der Waals surface area contributed by atoms with Gasteiger partial charge >= 0.3 is 0 Å². The number of aryl methyl sites for hydroxylation is 1. The molecule has 0 radical (unpaired) electrons. The summed E-state index contributed by atoms with van der Waals surface area (Å²) in [4.78, 5) is 15.4. The largest absolute Gasteiger partial charge is 0.493 e. The molecule has 1 N–H and O–H groups in total. The first-order valence-corrected chi connectivity index (χ1v) is 12.7. The molecule has 194 valence electrons. The summed E-state index contributed by atoms with van der Waals surface area (Å²) in [7, 11) is 0. The van der Waals surface area contributed by atoms with E-state index >= 15 is 0 Å². The zero-order chi connectivity index (χ0) is 25.1. The van der Waals surface area contributed by atoms with Gasteiger partial charge in [-0.05, 0) is 74.6 Å². The molecule has 0 spiro atoms. The SMILES string of the molecule is Cc1cc(NC(=O)c2ccc3c(c2)CCN(C(C)C)C3)nn1Cc1cc(Cl)ccc1OCC(C)C.Cl. The number of hydrogen-bond donors (Lipinski definition) is 1. The minimum atomic E-state index is -0.146. The molecule has 0 fully saturated rings. The lowest BCUT2D eigenvalue weighted by Gasteiger charge is -2.32. The first-order valence-electron chi connectivity index (χ1n) is 12.3. The second-order valence-corrected chi connectivity index (χ2v) is 10.5. The third-order valence-corrected chi connectivity index (χ3v) is 6.61. The number of carbonyl (C=O) groups is 1. The fraction of sp³-hybridized carbons (Fsp3) is 0.429. The molecule has 0 unspecified atom stereocenters. The molecule has 0 atom stereocenters. The number of amides is 1. The van der Waals surface area contributed by atoms with Gasteiger partial charge in [-0.25, -0.2) is 0 Å². The van der Waals surface area contributed by atoms with E-state index in [0.717, 1.165) is 36.5 Å². The van der Waals surface area contributed by atoms with Crippen LogP contribution in [0.15, 0.2) is 42.5 Å². The molecule has 1 aliphatic heterocycles. The molecule has 0 aliphatic carbocycles. The monoisotopic (exact) mass is 530 g/mol. The van der Waals surface area contributed by atoms with Crippen molar-refractivity contribution in [1.82, 2.24) is 14.7 Å². The fourth-order valence-electron chi connectivity index (χ4n) is 4.31. The van der Waals surface area contributed by atoms with Gasteiger partial charge in [0.15, 0.2) is 5.82 Å². The maximum absolute atomic E-state index is 13.0. The number of nitrogens with one attached hydrogen (secondary N) is 1. The summed E-state index contributed by atoms with van der Waals surface area (Å²) in [5, 5.41) is 8.25. The predicted octanol–water partition coefficient (Wildman–Crippen LogP) is 6.37. The van der Waals surface area contributed by atoms with Gasteiger partial charge in [-0.2, -0.15) is 5.10 Å². The average molecular weight is 532 g/mol. The maximum atomic E-state index is 13.0. The topological polar surface area (TPSA) is 59.4 Å². The van der Waals surface area contributed by atoms with Crippen molar-refractivity contribution in [1.29, 1.82) is 0 Å². The Labute approximate surface area is 225 Å². The first-order chi connectivity index (χ1) is 16.7. The van der Waals surface area contributed by atoms with Crippen molar-refractivity contribution in [3.05, 3.63) is 75.4 Å². The number of nitrogens with zero attached hydrogens (tertiary/aromatic N) is 3. The second-order valence-electron chi connectivity index (χ2n) is 10.0. The van der Waals surface area contributed by atoms with Crippen LogP contribution in [-0.4, -0.2) is 39.8 Å². The second kappa shape index (κ2) is 12.1. The Balaban J connectivity index is 0.00000361. The minimum absolute atomic E-state index is 0. The van der Waals surface area contributed by atoms with Crippen LogP contribution in [0.5, 0.6) is 5.75 Å². The highest BCUT2D eigenvalue weighted by Gasteiger charge is 2.20. The standard InChI is InChI=1S/C28H35ClN4O2.ClH/c1-18(2)17-35-26-9-8-25(29)14-24(26)16-33-20(5)12-27(31-33)30-28(34)22-6-7-23-15-32(19(3)4)11-10-21(23)13-22;/h6-9,12-14,18-19H,10-11,15-17H2,1-5H3,(H,30,31,34);1H. The Morgan fingerprint density at radius 2 is 1.89 bits per heavy atom. The van der Waals surface area contributed by atoms with Crippen molar-refractivity contribution in [3.8, 4) is 5.75 Å². The van der Waals surface area contributed by atoms with Gasteiger partial charge in [-0.3, -0.25) is 14.4 Å². The van der Waals surface area contributed by atoms with Crippen LogP contribution in [-0.2, 0) is 19.5 Å². The molecule has 0 bridgehead atoms. The molecule has 0 saturated heterocycles. The van der Waals surface area contributed by atoms with Gasteiger partial charge in [0.05, 0.1) is 13.2 Å². The van der Waals surface area contributed by atoms with E-state index < -0.39 is 0 Å². The number of halogens is 2. The zero-order valence-electron chi connectivity index (χ0n) is 21.7. The van der Waals surface area contributed by atoms with Crippen LogP contribution in [0.4, 0.5) is 5.82 Å². The number of carbonyl (C=O) groups excluding carboxylic acids is 1. The number of anilines is 1. The lowest BCUT2D eigenvalue weighted by Crippen LogP contribution is -2.36. The summed E-state index contributed by atoms with van der Waals surface area (Å²) >= 11 is 6.26. The fourth-order valence-corrected chi connectivity index (χ4v) is 4.50. The average Bonchev–Trinajstić information content (AvgIpc) is 3.15. The molecule has 2 heterocycles. The van der Waals surface area contributed by atoms with Gasteiger partial charge in [0, 0.05) is 47.0 Å². The highest BCUT2D eigenvalue weighted by molar-refractivity contribution is 6.30. The number of aromatic nitrogens is 2. The van der Waals surface area contributed by atoms with Crippen LogP contribution < -0.4 is 10.1 Å². The Morgan fingerprint density at radius 3 is 2.61 bits per heavy atom. The highest BCUT2D eigenvalue weighted by atomic mass is 35.5. The molecule has 1 aromatic heterocycles. The lowest BCUT2D eigenvalue weighted by molar-refractivity contribution is 0.102. The van der Waals surface area contributed by atoms with E-state index in [4.69, 9.17) is 16.3 Å². The normalized spacial score (nSPS) is 13.4. The Morgan fingerprint density at radius 1 is 1.11 bits per heavy atom. The van der Waals surface area contributed by atoms with Crippen molar-refractivity contribution in [2.24, 2.45) is 5.92 Å². The summed E-state index contributed by atoms with van der Waals surface area (Å²) < 4.78 is 7.85. The molecule has 0 saturated carbocycles. The third kappa shape index (κ3) is 6.81. The van der Waals surface area contributed by atoms with E-state index in [2.05, 4.69) is 49.1 Å². The highest BCUT2D eigenvalue weighted by Crippen LogP contribution is 2.26. The number of benzene rings is 2. The van der Waals surface area contributed by atoms with Crippen LogP contribution >= 0.6 is 24.0 Å². The van der Waals surface area contributed by atoms with Crippen molar-refractivity contribution >= 4 is 35.7 Å². The van der Waals surface area contributed by atoms with Gasteiger partial charge in [-0.15, -0.1) is 12.4 Å². The molecule has 36 heavy (non-hydrogen) atoms. The smallest absolute Gasteiger partial charge is 0.256 e. The number of ether oxygens (including phenoxy) is 1. The van der Waals surface area contributed by atoms with Gasteiger partial charge in [-0.1, -0.05) is 31.5 Å². The molecule has 6 nitrogen and oxygen atoms in total. The molecular weight excluding hydrogens is 495 g/mol. The molecule has 1 amide bonds. The van der Waals surface area contributed by atoms with Crippen LogP contribution in [0.2, 0.25) is 5.02 Å². The van der Waals surface area contributed by atoms with Crippen LogP contribution in [0.25, 0.3) is 0 Å². The van der Waals surface area contributed by atoms with E-state index in [1.807, 2.05) is 48.0 Å². The van der Waals surface area contributed by atoms with E-state index in [-0.39, 0.29) is 18.3 Å². The number of rotatable bonds is 8. The summed E-state index contributed by atoms with van der Waals surface area (Å²) in [6.45, 7) is 13.7. The Kier molecular flexibility index (Phi) is 9.45. The summed E-state index contributed by atoms with van der Waals surface area (Å²) in [6.07, 6.45) is 0.962. The molecule has 8 heteroatoms. The van der Waals surface area contributed by atoms with Crippen molar-refractivity contribution in [3.63, 3.8) is 0 Å². The Hall–Kier alpha value is -2.54. The van der Waals surface area contributed by atoms with Crippen LogP contribution in [0.3, 0.4) is 0 Å². The van der Waals surface area contributed by atoms with Crippen molar-refractivity contribution in [2.45, 2.75) is 60.2 Å². The Bertz CT molecular complexity index is 1210. The molecule has 1 aliphatic rings. The van der Waals surface area contributed by atoms with Crippen molar-refractivity contribution in [2.75, 3.05) is 18.5 Å². The first kappa shape index (κ1) is 28.0.